The van der Waals surface area contributed by atoms with Gasteiger partial charge in [0.2, 0.25) is 5.91 Å². The Balaban J connectivity index is 1.69. The van der Waals surface area contributed by atoms with Gasteiger partial charge in [0.05, 0.1) is 6.42 Å². The highest BCUT2D eigenvalue weighted by molar-refractivity contribution is 5.79. The van der Waals surface area contributed by atoms with E-state index in [-0.39, 0.29) is 17.4 Å². The third-order valence-electron chi connectivity index (χ3n) is 7.08. The van der Waals surface area contributed by atoms with Crippen LogP contribution >= 0.6 is 0 Å². The molecular formula is C24H29NO2. The maximum Gasteiger partial charge on any atom is 0.227 e. The predicted molar refractivity (Wildman–Crippen MR) is 108 cm³/mol. The molecule has 0 heterocycles. The Kier molecular flexibility index (Phi) is 4.49. The average molecular weight is 364 g/mol. The molecule has 3 heteroatoms. The largest absolute Gasteiger partial charge is 0.508 e. The molecule has 142 valence electrons. The number of carbonyl (C=O) groups is 1. The van der Waals surface area contributed by atoms with E-state index in [2.05, 4.69) is 19.9 Å². The lowest BCUT2D eigenvalue weighted by atomic mass is 9.54. The van der Waals surface area contributed by atoms with E-state index in [1.54, 1.807) is 6.07 Å². The van der Waals surface area contributed by atoms with Gasteiger partial charge in [-0.1, -0.05) is 50.2 Å². The highest BCUT2D eigenvalue weighted by atomic mass is 16.3. The van der Waals surface area contributed by atoms with Gasteiger partial charge >= 0.3 is 0 Å². The summed E-state index contributed by atoms with van der Waals surface area (Å²) in [6, 6.07) is 16.0. The number of nitrogens with zero attached hydrogens (tertiary/aromatic N) is 1. The molecule has 0 spiro atoms. The van der Waals surface area contributed by atoms with Crippen LogP contribution in [0.25, 0.3) is 0 Å². The highest BCUT2D eigenvalue weighted by Gasteiger charge is 2.52. The first kappa shape index (κ1) is 18.1. The van der Waals surface area contributed by atoms with Gasteiger partial charge in [-0.25, -0.2) is 0 Å². The number of aromatic hydroxyl groups is 1. The first-order valence-electron chi connectivity index (χ1n) is 10.0. The fourth-order valence-corrected chi connectivity index (χ4v) is 5.57. The van der Waals surface area contributed by atoms with E-state index in [9.17, 15) is 9.90 Å². The number of fused-ring (bicyclic) bond motifs is 4. The lowest BCUT2D eigenvalue weighted by molar-refractivity contribution is -0.136. The van der Waals surface area contributed by atoms with Gasteiger partial charge in [0.1, 0.15) is 5.75 Å². The molecule has 4 atom stereocenters. The van der Waals surface area contributed by atoms with Crippen LogP contribution in [0.4, 0.5) is 0 Å². The minimum atomic E-state index is -0.107. The van der Waals surface area contributed by atoms with Crippen molar-refractivity contribution in [2.45, 2.75) is 51.0 Å². The van der Waals surface area contributed by atoms with E-state index < -0.39 is 0 Å². The predicted octanol–water partition coefficient (Wildman–Crippen LogP) is 4.32. The Morgan fingerprint density at radius 2 is 1.96 bits per heavy atom. The van der Waals surface area contributed by atoms with Gasteiger partial charge in [-0.3, -0.25) is 4.79 Å². The van der Waals surface area contributed by atoms with Crippen LogP contribution < -0.4 is 0 Å². The molecule has 2 aromatic carbocycles. The van der Waals surface area contributed by atoms with Crippen molar-refractivity contribution in [2.24, 2.45) is 11.8 Å². The molecule has 3 nitrogen and oxygen atoms in total. The van der Waals surface area contributed by atoms with E-state index in [4.69, 9.17) is 0 Å². The topological polar surface area (TPSA) is 40.5 Å². The van der Waals surface area contributed by atoms with Crippen molar-refractivity contribution < 1.29 is 9.90 Å². The normalized spacial score (nSPS) is 29.1. The van der Waals surface area contributed by atoms with E-state index >= 15 is 0 Å². The summed E-state index contributed by atoms with van der Waals surface area (Å²) in [5.41, 5.74) is 3.53. The second kappa shape index (κ2) is 6.70. The van der Waals surface area contributed by atoms with Crippen molar-refractivity contribution >= 4 is 5.91 Å². The highest BCUT2D eigenvalue weighted by Crippen LogP contribution is 2.52. The van der Waals surface area contributed by atoms with Gasteiger partial charge in [-0.2, -0.15) is 0 Å². The van der Waals surface area contributed by atoms with Crippen LogP contribution in [-0.2, 0) is 23.1 Å². The van der Waals surface area contributed by atoms with Crippen LogP contribution in [0.1, 0.15) is 43.4 Å². The first-order valence-corrected chi connectivity index (χ1v) is 10.0. The van der Waals surface area contributed by atoms with Gasteiger partial charge in [-0.15, -0.1) is 0 Å². The molecule has 27 heavy (non-hydrogen) atoms. The van der Waals surface area contributed by atoms with Crippen LogP contribution in [0.5, 0.6) is 5.75 Å². The number of likely N-dealkylation sites (N-methyl/N-ethyl adjacent to an activating group) is 1. The Morgan fingerprint density at radius 1 is 1.22 bits per heavy atom. The molecule has 1 saturated carbocycles. The number of phenolic OH excluding ortho intramolecular Hbond substituents is 1. The van der Waals surface area contributed by atoms with E-state index in [0.717, 1.165) is 18.4 Å². The molecule has 1 fully saturated rings. The van der Waals surface area contributed by atoms with Gasteiger partial charge in [0.15, 0.2) is 0 Å². The second-order valence-electron chi connectivity index (χ2n) is 8.75. The van der Waals surface area contributed by atoms with Crippen LogP contribution in [-0.4, -0.2) is 29.0 Å². The summed E-state index contributed by atoms with van der Waals surface area (Å²) >= 11 is 0. The van der Waals surface area contributed by atoms with Crippen molar-refractivity contribution in [3.63, 3.8) is 0 Å². The molecule has 0 aromatic heterocycles. The Bertz CT molecular complexity index is 847. The number of amides is 1. The minimum Gasteiger partial charge on any atom is -0.508 e. The maximum atomic E-state index is 13.1. The summed E-state index contributed by atoms with van der Waals surface area (Å²) in [7, 11) is 1.98. The van der Waals surface area contributed by atoms with Gasteiger partial charge < -0.3 is 10.0 Å². The summed E-state index contributed by atoms with van der Waals surface area (Å²) in [5.74, 6) is 1.56. The summed E-state index contributed by atoms with van der Waals surface area (Å²) in [6.07, 6.45) is 3.65. The molecule has 2 aromatic rings. The zero-order valence-electron chi connectivity index (χ0n) is 16.5. The van der Waals surface area contributed by atoms with Gasteiger partial charge in [0, 0.05) is 18.5 Å². The second-order valence-corrected chi connectivity index (χ2v) is 8.75. The lowest BCUT2D eigenvalue weighted by Crippen LogP contribution is -2.60. The van der Waals surface area contributed by atoms with Gasteiger partial charge in [0.25, 0.3) is 0 Å². The molecule has 1 N–H and O–H groups in total. The third-order valence-corrected chi connectivity index (χ3v) is 7.08. The molecular weight excluding hydrogens is 334 g/mol. The summed E-state index contributed by atoms with van der Waals surface area (Å²) in [4.78, 5) is 15.2. The molecule has 4 rings (SSSR count). The molecule has 0 radical (unpaired) electrons. The van der Waals surface area contributed by atoms with Crippen LogP contribution in [0, 0.1) is 11.8 Å². The SMILES string of the molecule is CC1CC[C@]2(C)c3cc(O)ccc3C[C@@H]1[C@H]2N(C)C(=O)Cc1ccccc1. The standard InChI is InChI=1S/C24H29NO2/c1-16-11-12-24(2)21-15-19(26)10-9-18(21)14-20(16)23(24)25(3)22(27)13-17-7-5-4-6-8-17/h4-10,15-16,20,23,26H,11-14H2,1-3H3/t16?,20-,23+,24+/m0/s1. The number of phenols is 1. The molecule has 2 aliphatic rings. The summed E-state index contributed by atoms with van der Waals surface area (Å²) in [5, 5.41) is 10.1. The number of benzene rings is 2. The van der Waals surface area contributed by atoms with Crippen LogP contribution in [0.3, 0.4) is 0 Å². The minimum absolute atomic E-state index is 0.107. The monoisotopic (exact) mass is 363 g/mol. The Hall–Kier alpha value is -2.29. The van der Waals surface area contributed by atoms with Crippen LogP contribution in [0.15, 0.2) is 48.5 Å². The maximum absolute atomic E-state index is 13.1. The number of rotatable bonds is 3. The Morgan fingerprint density at radius 3 is 2.70 bits per heavy atom. The first-order chi connectivity index (χ1) is 12.9. The fraction of sp³-hybridized carbons (Fsp3) is 0.458. The van der Waals surface area contributed by atoms with Crippen molar-refractivity contribution in [1.82, 2.24) is 4.90 Å². The lowest BCUT2D eigenvalue weighted by Gasteiger charge is -2.56. The molecule has 1 amide bonds. The van der Waals surface area contributed by atoms with E-state index in [1.165, 1.54) is 17.5 Å². The smallest absolute Gasteiger partial charge is 0.227 e. The summed E-state index contributed by atoms with van der Waals surface area (Å²) in [6.45, 7) is 4.62. The zero-order valence-corrected chi connectivity index (χ0v) is 16.5. The van der Waals surface area contributed by atoms with Crippen molar-refractivity contribution in [2.75, 3.05) is 7.05 Å². The van der Waals surface area contributed by atoms with E-state index in [0.29, 0.717) is 24.0 Å². The van der Waals surface area contributed by atoms with Crippen LogP contribution in [0.2, 0.25) is 0 Å². The van der Waals surface area contributed by atoms with Gasteiger partial charge in [-0.05, 0) is 59.9 Å². The zero-order chi connectivity index (χ0) is 19.2. The number of carbonyl (C=O) groups excluding carboxylic acids is 1. The average Bonchev–Trinajstić information content (AvgIpc) is 2.66. The van der Waals surface area contributed by atoms with Crippen molar-refractivity contribution in [3.8, 4) is 5.75 Å². The Labute approximate surface area is 162 Å². The number of hydrogen-bond donors (Lipinski definition) is 1. The molecule has 0 saturated heterocycles. The molecule has 0 aliphatic heterocycles. The van der Waals surface area contributed by atoms with Crippen molar-refractivity contribution in [3.05, 3.63) is 65.2 Å². The third kappa shape index (κ3) is 3.03. The molecule has 2 aliphatic carbocycles. The molecule has 1 unspecified atom stereocenters. The van der Waals surface area contributed by atoms with E-state index in [1.807, 2.05) is 48.3 Å². The van der Waals surface area contributed by atoms with Crippen molar-refractivity contribution in [1.29, 1.82) is 0 Å². The quantitative estimate of drug-likeness (QED) is 0.882. The fourth-order valence-electron chi connectivity index (χ4n) is 5.57. The number of hydrogen-bond acceptors (Lipinski definition) is 2. The molecule has 2 bridgehead atoms. The summed E-state index contributed by atoms with van der Waals surface area (Å²) < 4.78 is 0.